The molecule has 0 bridgehead atoms. The first-order valence-electron chi connectivity index (χ1n) is 6.15. The van der Waals surface area contributed by atoms with E-state index in [4.69, 9.17) is 5.73 Å². The largest absolute Gasteiger partial charge is 0.330 e. The van der Waals surface area contributed by atoms with Gasteiger partial charge in [-0.3, -0.25) is 4.68 Å². The Hall–Kier alpha value is -0.920. The fourth-order valence-electron chi connectivity index (χ4n) is 2.34. The Kier molecular flexibility index (Phi) is 3.74. The summed E-state index contributed by atoms with van der Waals surface area (Å²) in [5, 5.41) is 3.93. The SMILES string of the molecule is CC1CCC(CN)CN1S(=O)(=O)c1cnn(C)c1. The summed E-state index contributed by atoms with van der Waals surface area (Å²) >= 11 is 0. The van der Waals surface area contributed by atoms with Gasteiger partial charge in [0.25, 0.3) is 0 Å². The maximum atomic E-state index is 12.5. The van der Waals surface area contributed by atoms with Crippen molar-refractivity contribution in [2.24, 2.45) is 18.7 Å². The van der Waals surface area contributed by atoms with Gasteiger partial charge in [0.15, 0.2) is 0 Å². The van der Waals surface area contributed by atoms with E-state index in [1.807, 2.05) is 6.92 Å². The van der Waals surface area contributed by atoms with Crippen LogP contribution in [-0.4, -0.2) is 41.6 Å². The lowest BCUT2D eigenvalue weighted by atomic mass is 9.96. The molecule has 1 saturated heterocycles. The van der Waals surface area contributed by atoms with Gasteiger partial charge in [0.05, 0.1) is 6.20 Å². The summed E-state index contributed by atoms with van der Waals surface area (Å²) in [5.41, 5.74) is 5.66. The molecule has 1 aromatic rings. The molecule has 1 fully saturated rings. The summed E-state index contributed by atoms with van der Waals surface area (Å²) in [6.07, 6.45) is 4.79. The van der Waals surface area contributed by atoms with Gasteiger partial charge < -0.3 is 5.73 Å². The fraction of sp³-hybridized carbons (Fsp3) is 0.727. The van der Waals surface area contributed by atoms with E-state index < -0.39 is 10.0 Å². The minimum Gasteiger partial charge on any atom is -0.330 e. The van der Waals surface area contributed by atoms with Crippen LogP contribution < -0.4 is 5.73 Å². The summed E-state index contributed by atoms with van der Waals surface area (Å²) in [7, 11) is -1.73. The maximum Gasteiger partial charge on any atom is 0.246 e. The molecule has 7 heteroatoms. The van der Waals surface area contributed by atoms with Gasteiger partial charge in [-0.25, -0.2) is 8.42 Å². The topological polar surface area (TPSA) is 81.2 Å². The van der Waals surface area contributed by atoms with Crippen molar-refractivity contribution in [3.63, 3.8) is 0 Å². The van der Waals surface area contributed by atoms with Crippen molar-refractivity contribution in [1.82, 2.24) is 14.1 Å². The molecule has 0 saturated carbocycles. The molecule has 0 radical (unpaired) electrons. The molecule has 2 heterocycles. The molecule has 0 aromatic carbocycles. The van der Waals surface area contributed by atoms with Crippen LogP contribution in [0.2, 0.25) is 0 Å². The van der Waals surface area contributed by atoms with Crippen LogP contribution in [0, 0.1) is 5.92 Å². The molecule has 6 nitrogen and oxygen atoms in total. The van der Waals surface area contributed by atoms with E-state index in [-0.39, 0.29) is 16.9 Å². The van der Waals surface area contributed by atoms with E-state index in [0.717, 1.165) is 12.8 Å². The van der Waals surface area contributed by atoms with Crippen LogP contribution in [0.3, 0.4) is 0 Å². The molecule has 1 aromatic heterocycles. The number of nitrogens with zero attached hydrogens (tertiary/aromatic N) is 3. The first-order valence-corrected chi connectivity index (χ1v) is 7.59. The van der Waals surface area contributed by atoms with E-state index in [0.29, 0.717) is 13.1 Å². The fourth-order valence-corrected chi connectivity index (χ4v) is 4.06. The molecule has 1 aliphatic heterocycles. The van der Waals surface area contributed by atoms with Crippen molar-refractivity contribution < 1.29 is 8.42 Å². The predicted octanol–water partition coefficient (Wildman–Crippen LogP) is 0.168. The highest BCUT2D eigenvalue weighted by Gasteiger charge is 2.34. The second-order valence-electron chi connectivity index (χ2n) is 4.95. The number of hydrogen-bond acceptors (Lipinski definition) is 4. The van der Waals surface area contributed by atoms with Gasteiger partial charge in [-0.05, 0) is 32.2 Å². The highest BCUT2D eigenvalue weighted by atomic mass is 32.2. The van der Waals surface area contributed by atoms with Crippen LogP contribution >= 0.6 is 0 Å². The lowest BCUT2D eigenvalue weighted by molar-refractivity contribution is 0.211. The Bertz CT molecular complexity index is 511. The predicted molar refractivity (Wildman–Crippen MR) is 68.3 cm³/mol. The van der Waals surface area contributed by atoms with E-state index in [2.05, 4.69) is 5.10 Å². The van der Waals surface area contributed by atoms with Gasteiger partial charge in [-0.2, -0.15) is 9.40 Å². The van der Waals surface area contributed by atoms with Gasteiger partial charge >= 0.3 is 0 Å². The highest BCUT2D eigenvalue weighted by molar-refractivity contribution is 7.89. The molecule has 0 amide bonds. The molecule has 0 aliphatic carbocycles. The number of nitrogens with two attached hydrogens (primary N) is 1. The quantitative estimate of drug-likeness (QED) is 0.850. The van der Waals surface area contributed by atoms with Crippen molar-refractivity contribution in [1.29, 1.82) is 0 Å². The summed E-state index contributed by atoms with van der Waals surface area (Å²) in [5.74, 6) is 0.257. The van der Waals surface area contributed by atoms with Crippen LogP contribution in [0.5, 0.6) is 0 Å². The Balaban J connectivity index is 2.28. The Labute approximate surface area is 108 Å². The standard InChI is InChI=1S/C11H20N4O2S/c1-9-3-4-10(5-12)7-15(9)18(16,17)11-6-13-14(2)8-11/h6,8-10H,3-5,7,12H2,1-2H3. The third-order valence-corrected chi connectivity index (χ3v) is 5.48. The number of aromatic nitrogens is 2. The summed E-state index contributed by atoms with van der Waals surface area (Å²) in [6.45, 7) is 2.99. The van der Waals surface area contributed by atoms with Crippen molar-refractivity contribution >= 4 is 10.0 Å². The van der Waals surface area contributed by atoms with Crippen LogP contribution in [0.15, 0.2) is 17.3 Å². The van der Waals surface area contributed by atoms with E-state index >= 15 is 0 Å². The summed E-state index contributed by atoms with van der Waals surface area (Å²) < 4.78 is 28.1. The summed E-state index contributed by atoms with van der Waals surface area (Å²) in [6, 6.07) is 0.0259. The molecular formula is C11H20N4O2S. The number of rotatable bonds is 3. The van der Waals surface area contributed by atoms with Gasteiger partial charge in [-0.1, -0.05) is 0 Å². The molecule has 2 N–H and O–H groups in total. The van der Waals surface area contributed by atoms with Gasteiger partial charge in [0.2, 0.25) is 10.0 Å². The Morgan fingerprint density at radius 1 is 1.50 bits per heavy atom. The molecule has 2 rings (SSSR count). The Morgan fingerprint density at radius 2 is 2.22 bits per heavy atom. The smallest absolute Gasteiger partial charge is 0.246 e. The number of aryl methyl sites for hydroxylation is 1. The second-order valence-corrected chi connectivity index (χ2v) is 6.84. The number of sulfonamides is 1. The average molecular weight is 272 g/mol. The molecule has 2 atom stereocenters. The zero-order valence-electron chi connectivity index (χ0n) is 10.8. The van der Waals surface area contributed by atoms with Gasteiger partial charge in [-0.15, -0.1) is 0 Å². The third kappa shape index (κ3) is 2.43. The normalized spacial score (nSPS) is 26.4. The van der Waals surface area contributed by atoms with Gasteiger partial charge in [0, 0.05) is 25.8 Å². The van der Waals surface area contributed by atoms with Crippen molar-refractivity contribution in [3.05, 3.63) is 12.4 Å². The first-order chi connectivity index (χ1) is 8.45. The van der Waals surface area contributed by atoms with Crippen molar-refractivity contribution in [2.45, 2.75) is 30.7 Å². The lowest BCUT2D eigenvalue weighted by Gasteiger charge is -2.36. The minimum absolute atomic E-state index is 0.0259. The Morgan fingerprint density at radius 3 is 2.78 bits per heavy atom. The molecule has 2 unspecified atom stereocenters. The molecule has 18 heavy (non-hydrogen) atoms. The highest BCUT2D eigenvalue weighted by Crippen LogP contribution is 2.27. The van der Waals surface area contributed by atoms with Crippen LogP contribution in [0.1, 0.15) is 19.8 Å². The third-order valence-electron chi connectivity index (χ3n) is 3.54. The molecule has 0 spiro atoms. The molecule has 102 valence electrons. The van der Waals surface area contributed by atoms with E-state index in [1.165, 1.54) is 17.1 Å². The van der Waals surface area contributed by atoms with Crippen LogP contribution in [0.25, 0.3) is 0 Å². The monoisotopic (exact) mass is 272 g/mol. The first kappa shape index (κ1) is 13.5. The maximum absolute atomic E-state index is 12.5. The zero-order chi connectivity index (χ0) is 13.3. The van der Waals surface area contributed by atoms with Crippen LogP contribution in [-0.2, 0) is 17.1 Å². The van der Waals surface area contributed by atoms with Crippen LogP contribution in [0.4, 0.5) is 0 Å². The zero-order valence-corrected chi connectivity index (χ0v) is 11.6. The minimum atomic E-state index is -3.44. The second kappa shape index (κ2) is 4.99. The number of hydrogen-bond donors (Lipinski definition) is 1. The lowest BCUT2D eigenvalue weighted by Crippen LogP contribution is -2.46. The van der Waals surface area contributed by atoms with Crippen molar-refractivity contribution in [3.8, 4) is 0 Å². The van der Waals surface area contributed by atoms with E-state index in [1.54, 1.807) is 11.4 Å². The van der Waals surface area contributed by atoms with Crippen molar-refractivity contribution in [2.75, 3.05) is 13.1 Å². The van der Waals surface area contributed by atoms with E-state index in [9.17, 15) is 8.42 Å². The summed E-state index contributed by atoms with van der Waals surface area (Å²) in [4.78, 5) is 0.259. The average Bonchev–Trinajstić information content (AvgIpc) is 2.77. The molecule has 1 aliphatic rings. The van der Waals surface area contributed by atoms with Gasteiger partial charge in [0.1, 0.15) is 4.90 Å². The molecular weight excluding hydrogens is 252 g/mol. The number of piperidine rings is 1.